The van der Waals surface area contributed by atoms with Crippen molar-refractivity contribution in [2.45, 2.75) is 25.6 Å². The van der Waals surface area contributed by atoms with Gasteiger partial charge in [0.05, 0.1) is 29.1 Å². The van der Waals surface area contributed by atoms with Crippen molar-refractivity contribution in [3.63, 3.8) is 0 Å². The molecule has 0 saturated heterocycles. The Balaban J connectivity index is 1.63. The molecule has 25 heavy (non-hydrogen) atoms. The molecular weight excluding hydrogens is 331 g/mol. The van der Waals surface area contributed by atoms with E-state index >= 15 is 0 Å². The molecule has 2 N–H and O–H groups in total. The standard InChI is InChI=1S/C18H16F3N3O/c1-11(17-23-14-4-2-3-5-15(14)24-17)22-16(25)10-12-6-8-13(9-7-12)18(19,20)21/h2-9,11H,10H2,1H3,(H,22,25)(H,23,24). The lowest BCUT2D eigenvalue weighted by molar-refractivity contribution is -0.137. The number of hydrogen-bond acceptors (Lipinski definition) is 2. The van der Waals surface area contributed by atoms with E-state index in [9.17, 15) is 18.0 Å². The van der Waals surface area contributed by atoms with Crippen LogP contribution in [-0.2, 0) is 17.4 Å². The van der Waals surface area contributed by atoms with Crippen molar-refractivity contribution in [2.24, 2.45) is 0 Å². The summed E-state index contributed by atoms with van der Waals surface area (Å²) >= 11 is 0. The summed E-state index contributed by atoms with van der Waals surface area (Å²) in [7, 11) is 0. The topological polar surface area (TPSA) is 57.8 Å². The fourth-order valence-electron chi connectivity index (χ4n) is 2.54. The lowest BCUT2D eigenvalue weighted by atomic mass is 10.1. The molecule has 2 aromatic carbocycles. The molecular formula is C18H16F3N3O. The fraction of sp³-hybridized carbons (Fsp3) is 0.222. The number of carbonyl (C=O) groups is 1. The zero-order valence-corrected chi connectivity index (χ0v) is 13.4. The lowest BCUT2D eigenvalue weighted by Crippen LogP contribution is -2.28. The number of alkyl halides is 3. The van der Waals surface area contributed by atoms with E-state index in [-0.39, 0.29) is 18.4 Å². The van der Waals surface area contributed by atoms with Crippen molar-refractivity contribution < 1.29 is 18.0 Å². The monoisotopic (exact) mass is 347 g/mol. The average molecular weight is 347 g/mol. The van der Waals surface area contributed by atoms with Gasteiger partial charge < -0.3 is 10.3 Å². The summed E-state index contributed by atoms with van der Waals surface area (Å²) in [6.45, 7) is 1.79. The van der Waals surface area contributed by atoms with Gasteiger partial charge in [0.25, 0.3) is 0 Å². The Bertz CT molecular complexity index is 851. The molecule has 3 aromatic rings. The van der Waals surface area contributed by atoms with E-state index in [0.29, 0.717) is 11.4 Å². The quantitative estimate of drug-likeness (QED) is 0.749. The first-order valence-electron chi connectivity index (χ1n) is 7.73. The van der Waals surface area contributed by atoms with Crippen LogP contribution in [0, 0.1) is 0 Å². The number of rotatable bonds is 4. The summed E-state index contributed by atoms with van der Waals surface area (Å²) in [5, 5.41) is 2.80. The van der Waals surface area contributed by atoms with Crippen LogP contribution in [0.5, 0.6) is 0 Å². The van der Waals surface area contributed by atoms with Crippen molar-refractivity contribution in [3.8, 4) is 0 Å². The molecule has 0 bridgehead atoms. The predicted octanol–water partition coefficient (Wildman–Crippen LogP) is 4.00. The van der Waals surface area contributed by atoms with Crippen LogP contribution in [0.15, 0.2) is 48.5 Å². The van der Waals surface area contributed by atoms with Crippen molar-refractivity contribution >= 4 is 16.9 Å². The van der Waals surface area contributed by atoms with Gasteiger partial charge in [0.15, 0.2) is 0 Å². The van der Waals surface area contributed by atoms with Crippen molar-refractivity contribution in [1.82, 2.24) is 15.3 Å². The minimum absolute atomic E-state index is 0.00268. The Labute approximate surface area is 142 Å². The van der Waals surface area contributed by atoms with Gasteiger partial charge >= 0.3 is 6.18 Å². The largest absolute Gasteiger partial charge is 0.416 e. The number of para-hydroxylation sites is 2. The summed E-state index contributed by atoms with van der Waals surface area (Å²) in [5.74, 6) is 0.342. The smallest absolute Gasteiger partial charge is 0.346 e. The van der Waals surface area contributed by atoms with Gasteiger partial charge in [0, 0.05) is 0 Å². The van der Waals surface area contributed by atoms with Crippen LogP contribution >= 0.6 is 0 Å². The third-order valence-corrected chi connectivity index (χ3v) is 3.84. The van der Waals surface area contributed by atoms with E-state index in [4.69, 9.17) is 0 Å². The highest BCUT2D eigenvalue weighted by Crippen LogP contribution is 2.29. The molecule has 0 fully saturated rings. The van der Waals surface area contributed by atoms with E-state index in [0.717, 1.165) is 23.2 Å². The molecule has 130 valence electrons. The SMILES string of the molecule is CC(NC(=O)Cc1ccc(C(F)(F)F)cc1)c1nc2ccccc2[nH]1. The molecule has 0 radical (unpaired) electrons. The zero-order valence-electron chi connectivity index (χ0n) is 13.4. The Hall–Kier alpha value is -2.83. The molecule has 7 heteroatoms. The van der Waals surface area contributed by atoms with E-state index in [1.165, 1.54) is 12.1 Å². The van der Waals surface area contributed by atoms with Gasteiger partial charge in [-0.05, 0) is 36.8 Å². The molecule has 0 aliphatic carbocycles. The van der Waals surface area contributed by atoms with Crippen LogP contribution in [0.1, 0.15) is 29.9 Å². The molecule has 4 nitrogen and oxygen atoms in total. The lowest BCUT2D eigenvalue weighted by Gasteiger charge is -2.12. The number of nitrogens with one attached hydrogen (secondary N) is 2. The Kier molecular flexibility index (Phi) is 4.48. The molecule has 1 atom stereocenters. The first-order chi connectivity index (χ1) is 11.8. The summed E-state index contributed by atoms with van der Waals surface area (Å²) in [6, 6.07) is 11.8. The second kappa shape index (κ2) is 6.58. The van der Waals surface area contributed by atoms with Crippen LogP contribution in [0.3, 0.4) is 0 Å². The number of hydrogen-bond donors (Lipinski definition) is 2. The van der Waals surface area contributed by atoms with Gasteiger partial charge in [-0.15, -0.1) is 0 Å². The number of halogens is 3. The number of imidazole rings is 1. The number of aromatic nitrogens is 2. The highest BCUT2D eigenvalue weighted by Gasteiger charge is 2.30. The maximum absolute atomic E-state index is 12.5. The molecule has 1 amide bonds. The van der Waals surface area contributed by atoms with E-state index in [2.05, 4.69) is 15.3 Å². The van der Waals surface area contributed by atoms with Gasteiger partial charge in [-0.3, -0.25) is 4.79 Å². The molecule has 0 aliphatic heterocycles. The molecule has 1 unspecified atom stereocenters. The fourth-order valence-corrected chi connectivity index (χ4v) is 2.54. The van der Waals surface area contributed by atoms with Gasteiger partial charge in [0.1, 0.15) is 5.82 Å². The Morgan fingerprint density at radius 3 is 2.48 bits per heavy atom. The Morgan fingerprint density at radius 1 is 1.16 bits per heavy atom. The number of carbonyl (C=O) groups excluding carboxylic acids is 1. The number of H-pyrrole nitrogens is 1. The van der Waals surface area contributed by atoms with Crippen molar-refractivity contribution in [1.29, 1.82) is 0 Å². The number of fused-ring (bicyclic) bond motifs is 1. The summed E-state index contributed by atoms with van der Waals surface area (Å²) in [4.78, 5) is 19.7. The third kappa shape index (κ3) is 3.99. The molecule has 3 rings (SSSR count). The molecule has 0 saturated carbocycles. The first-order valence-corrected chi connectivity index (χ1v) is 7.73. The van der Waals surface area contributed by atoms with Crippen LogP contribution in [0.25, 0.3) is 11.0 Å². The molecule has 0 aliphatic rings. The van der Waals surface area contributed by atoms with Crippen molar-refractivity contribution in [2.75, 3.05) is 0 Å². The predicted molar refractivity (Wildman–Crippen MR) is 87.8 cm³/mol. The molecule has 1 heterocycles. The van der Waals surface area contributed by atoms with Crippen LogP contribution < -0.4 is 5.32 Å². The third-order valence-electron chi connectivity index (χ3n) is 3.84. The minimum Gasteiger partial charge on any atom is -0.346 e. The zero-order chi connectivity index (χ0) is 18.0. The summed E-state index contributed by atoms with van der Waals surface area (Å²) < 4.78 is 37.6. The highest BCUT2D eigenvalue weighted by molar-refractivity contribution is 5.79. The van der Waals surface area contributed by atoms with E-state index in [1.807, 2.05) is 24.3 Å². The van der Waals surface area contributed by atoms with Gasteiger partial charge in [-0.25, -0.2) is 4.98 Å². The van der Waals surface area contributed by atoms with Gasteiger partial charge in [0.2, 0.25) is 5.91 Å². The van der Waals surface area contributed by atoms with Crippen LogP contribution in [0.2, 0.25) is 0 Å². The van der Waals surface area contributed by atoms with E-state index in [1.54, 1.807) is 6.92 Å². The van der Waals surface area contributed by atoms with Gasteiger partial charge in [-0.1, -0.05) is 24.3 Å². The molecule has 1 aromatic heterocycles. The maximum atomic E-state index is 12.5. The van der Waals surface area contributed by atoms with Crippen LogP contribution in [0.4, 0.5) is 13.2 Å². The number of amides is 1. The number of aromatic amines is 1. The van der Waals surface area contributed by atoms with Crippen molar-refractivity contribution in [3.05, 3.63) is 65.5 Å². The molecule has 0 spiro atoms. The highest BCUT2D eigenvalue weighted by atomic mass is 19.4. The minimum atomic E-state index is -4.38. The number of benzene rings is 2. The first kappa shape index (κ1) is 17.0. The normalized spacial score (nSPS) is 13.0. The second-order valence-electron chi connectivity index (χ2n) is 5.80. The van der Waals surface area contributed by atoms with Gasteiger partial charge in [-0.2, -0.15) is 13.2 Å². The maximum Gasteiger partial charge on any atom is 0.416 e. The second-order valence-corrected chi connectivity index (χ2v) is 5.80. The summed E-state index contributed by atoms with van der Waals surface area (Å²) in [6.07, 6.45) is -4.38. The average Bonchev–Trinajstić information content (AvgIpc) is 2.98. The van der Waals surface area contributed by atoms with E-state index < -0.39 is 11.7 Å². The Morgan fingerprint density at radius 2 is 1.84 bits per heavy atom. The summed E-state index contributed by atoms with van der Waals surface area (Å²) in [5.41, 5.74) is 1.47. The van der Waals surface area contributed by atoms with Crippen LogP contribution in [-0.4, -0.2) is 15.9 Å². The number of nitrogens with zero attached hydrogens (tertiary/aromatic N) is 1.